The van der Waals surface area contributed by atoms with Gasteiger partial charge in [-0.2, -0.15) is 0 Å². The monoisotopic (exact) mass is 312 g/mol. The molecule has 2 N–H and O–H groups in total. The molecule has 0 unspecified atom stereocenters. The molecule has 1 aromatic heterocycles. The van der Waals surface area contributed by atoms with Gasteiger partial charge in [-0.1, -0.05) is 18.2 Å². The van der Waals surface area contributed by atoms with Crippen LogP contribution in [0.2, 0.25) is 0 Å². The molecule has 0 aliphatic heterocycles. The van der Waals surface area contributed by atoms with E-state index in [1.807, 2.05) is 26.0 Å². The van der Waals surface area contributed by atoms with Crippen LogP contribution in [0.1, 0.15) is 39.3 Å². The number of carboxylic acids is 1. The lowest BCUT2D eigenvalue weighted by Gasteiger charge is -2.08. The van der Waals surface area contributed by atoms with Crippen LogP contribution in [0.4, 0.5) is 0 Å². The second-order valence-corrected chi connectivity index (χ2v) is 5.50. The number of rotatable bonds is 6. The molecular formula is C18H20N2O3. The Kier molecular flexibility index (Phi) is 5.46. The van der Waals surface area contributed by atoms with Crippen molar-refractivity contribution in [3.8, 4) is 0 Å². The van der Waals surface area contributed by atoms with Gasteiger partial charge in [-0.05, 0) is 49.6 Å². The van der Waals surface area contributed by atoms with Gasteiger partial charge in [0.15, 0.2) is 0 Å². The van der Waals surface area contributed by atoms with Gasteiger partial charge in [0.2, 0.25) is 5.91 Å². The molecule has 2 rings (SSSR count). The fraction of sp³-hybridized carbons (Fsp3) is 0.278. The van der Waals surface area contributed by atoms with Crippen LogP contribution in [0.25, 0.3) is 0 Å². The van der Waals surface area contributed by atoms with Crippen LogP contribution >= 0.6 is 0 Å². The molecule has 5 nitrogen and oxygen atoms in total. The van der Waals surface area contributed by atoms with E-state index in [0.29, 0.717) is 18.5 Å². The van der Waals surface area contributed by atoms with E-state index in [1.54, 1.807) is 24.3 Å². The molecule has 5 heteroatoms. The number of amides is 1. The standard InChI is InChI=1S/C18H20N2O3/c1-12-9-14(10-13(2)20-12)11-19-17(21)8-7-15-5-3-4-6-16(15)18(22)23/h3-6,9-10H,7-8,11H2,1-2H3,(H,19,21)(H,22,23). The summed E-state index contributed by atoms with van der Waals surface area (Å²) < 4.78 is 0. The summed E-state index contributed by atoms with van der Waals surface area (Å²) in [4.78, 5) is 27.4. The normalized spacial score (nSPS) is 10.3. The number of benzene rings is 1. The second-order valence-electron chi connectivity index (χ2n) is 5.50. The predicted octanol–water partition coefficient (Wildman–Crippen LogP) is 2.65. The zero-order chi connectivity index (χ0) is 16.8. The second kappa shape index (κ2) is 7.54. The third kappa shape index (κ3) is 4.92. The average Bonchev–Trinajstić information content (AvgIpc) is 2.50. The first-order chi connectivity index (χ1) is 11.0. The van der Waals surface area contributed by atoms with Crippen molar-refractivity contribution < 1.29 is 14.7 Å². The van der Waals surface area contributed by atoms with Crippen LogP contribution in [0.15, 0.2) is 36.4 Å². The summed E-state index contributed by atoms with van der Waals surface area (Å²) in [5, 5.41) is 12.0. The summed E-state index contributed by atoms with van der Waals surface area (Å²) in [6.45, 7) is 4.28. The maximum atomic E-state index is 12.0. The molecule has 0 fully saturated rings. The SMILES string of the molecule is Cc1cc(CNC(=O)CCc2ccccc2C(=O)O)cc(C)n1. The van der Waals surface area contributed by atoms with Crippen molar-refractivity contribution in [2.24, 2.45) is 0 Å². The number of aromatic nitrogens is 1. The molecule has 0 aliphatic rings. The highest BCUT2D eigenvalue weighted by Gasteiger charge is 2.10. The smallest absolute Gasteiger partial charge is 0.335 e. The third-order valence-corrected chi connectivity index (χ3v) is 3.50. The molecule has 0 bridgehead atoms. The maximum absolute atomic E-state index is 12.0. The lowest BCUT2D eigenvalue weighted by molar-refractivity contribution is -0.121. The van der Waals surface area contributed by atoms with E-state index in [0.717, 1.165) is 17.0 Å². The Bertz CT molecular complexity index is 706. The Morgan fingerprint density at radius 2 is 1.78 bits per heavy atom. The summed E-state index contributed by atoms with van der Waals surface area (Å²) in [6, 6.07) is 10.6. The molecule has 0 radical (unpaired) electrons. The van der Waals surface area contributed by atoms with Crippen LogP contribution in [0.3, 0.4) is 0 Å². The van der Waals surface area contributed by atoms with Crippen LogP contribution in [0.5, 0.6) is 0 Å². The zero-order valence-corrected chi connectivity index (χ0v) is 13.3. The van der Waals surface area contributed by atoms with Gasteiger partial charge < -0.3 is 10.4 Å². The highest BCUT2D eigenvalue weighted by Crippen LogP contribution is 2.11. The molecule has 2 aromatic rings. The number of carboxylic acid groups (broad SMARTS) is 1. The fourth-order valence-electron chi connectivity index (χ4n) is 2.51. The zero-order valence-electron chi connectivity index (χ0n) is 13.3. The molecule has 1 heterocycles. The van der Waals surface area contributed by atoms with Gasteiger partial charge in [-0.3, -0.25) is 9.78 Å². The van der Waals surface area contributed by atoms with E-state index in [9.17, 15) is 9.59 Å². The van der Waals surface area contributed by atoms with Gasteiger partial charge in [0, 0.05) is 24.4 Å². The van der Waals surface area contributed by atoms with Crippen LogP contribution < -0.4 is 5.32 Å². The van der Waals surface area contributed by atoms with E-state index in [4.69, 9.17) is 5.11 Å². The molecule has 1 amide bonds. The fourth-order valence-corrected chi connectivity index (χ4v) is 2.51. The van der Waals surface area contributed by atoms with Crippen molar-refractivity contribution >= 4 is 11.9 Å². The molecule has 0 saturated carbocycles. The minimum absolute atomic E-state index is 0.0997. The van der Waals surface area contributed by atoms with Crippen molar-refractivity contribution in [3.05, 3.63) is 64.5 Å². The van der Waals surface area contributed by atoms with E-state index in [2.05, 4.69) is 10.3 Å². The van der Waals surface area contributed by atoms with Crippen molar-refractivity contribution in [1.29, 1.82) is 0 Å². The lowest BCUT2D eigenvalue weighted by atomic mass is 10.0. The Labute approximate surface area is 135 Å². The average molecular weight is 312 g/mol. The number of hydrogen-bond donors (Lipinski definition) is 2. The number of carbonyl (C=O) groups is 2. The van der Waals surface area contributed by atoms with Crippen molar-refractivity contribution in [1.82, 2.24) is 10.3 Å². The first kappa shape index (κ1) is 16.7. The molecule has 0 saturated heterocycles. The van der Waals surface area contributed by atoms with Crippen LogP contribution in [0, 0.1) is 13.8 Å². The Balaban J connectivity index is 1.89. The van der Waals surface area contributed by atoms with Gasteiger partial charge in [-0.15, -0.1) is 0 Å². The first-order valence-corrected chi connectivity index (χ1v) is 7.48. The summed E-state index contributed by atoms with van der Waals surface area (Å²) in [5.41, 5.74) is 3.77. The number of nitrogens with one attached hydrogen (secondary N) is 1. The molecule has 0 aliphatic carbocycles. The number of aryl methyl sites for hydroxylation is 3. The summed E-state index contributed by atoms with van der Waals surface area (Å²) in [7, 11) is 0. The minimum atomic E-state index is -0.969. The highest BCUT2D eigenvalue weighted by atomic mass is 16.4. The topological polar surface area (TPSA) is 79.3 Å². The molecule has 1 aromatic carbocycles. The Hall–Kier alpha value is -2.69. The van der Waals surface area contributed by atoms with Gasteiger partial charge >= 0.3 is 5.97 Å². The van der Waals surface area contributed by atoms with Crippen molar-refractivity contribution in [3.63, 3.8) is 0 Å². The lowest BCUT2D eigenvalue weighted by Crippen LogP contribution is -2.23. The minimum Gasteiger partial charge on any atom is -0.478 e. The van der Waals surface area contributed by atoms with E-state index in [1.165, 1.54) is 0 Å². The summed E-state index contributed by atoms with van der Waals surface area (Å²) >= 11 is 0. The Morgan fingerprint density at radius 3 is 2.43 bits per heavy atom. The number of carbonyl (C=O) groups excluding carboxylic acids is 1. The molecule has 120 valence electrons. The van der Waals surface area contributed by atoms with Gasteiger partial charge in [0.25, 0.3) is 0 Å². The van der Waals surface area contributed by atoms with Crippen LogP contribution in [-0.2, 0) is 17.8 Å². The maximum Gasteiger partial charge on any atom is 0.335 e. The van der Waals surface area contributed by atoms with Gasteiger partial charge in [0.1, 0.15) is 0 Å². The molecule has 23 heavy (non-hydrogen) atoms. The van der Waals surface area contributed by atoms with Gasteiger partial charge in [-0.25, -0.2) is 4.79 Å². The van der Waals surface area contributed by atoms with Crippen LogP contribution in [-0.4, -0.2) is 22.0 Å². The number of hydrogen-bond acceptors (Lipinski definition) is 3. The summed E-state index contributed by atoms with van der Waals surface area (Å²) in [5.74, 6) is -1.07. The molecular weight excluding hydrogens is 292 g/mol. The highest BCUT2D eigenvalue weighted by molar-refractivity contribution is 5.89. The van der Waals surface area contributed by atoms with Crippen molar-refractivity contribution in [2.75, 3.05) is 0 Å². The van der Waals surface area contributed by atoms with E-state index >= 15 is 0 Å². The largest absolute Gasteiger partial charge is 0.478 e. The third-order valence-electron chi connectivity index (χ3n) is 3.50. The van der Waals surface area contributed by atoms with E-state index in [-0.39, 0.29) is 17.9 Å². The quantitative estimate of drug-likeness (QED) is 0.859. The predicted molar refractivity (Wildman–Crippen MR) is 87.3 cm³/mol. The molecule has 0 spiro atoms. The van der Waals surface area contributed by atoms with Gasteiger partial charge in [0.05, 0.1) is 5.56 Å². The number of aromatic carboxylic acids is 1. The van der Waals surface area contributed by atoms with Crippen molar-refractivity contribution in [2.45, 2.75) is 33.2 Å². The summed E-state index contributed by atoms with van der Waals surface area (Å²) in [6.07, 6.45) is 0.663. The van der Waals surface area contributed by atoms with E-state index < -0.39 is 5.97 Å². The first-order valence-electron chi connectivity index (χ1n) is 7.48. The number of pyridine rings is 1. The molecule has 0 atom stereocenters. The Morgan fingerprint density at radius 1 is 1.13 bits per heavy atom. The number of nitrogens with zero attached hydrogens (tertiary/aromatic N) is 1.